The minimum absolute atomic E-state index is 0.758. The van der Waals surface area contributed by atoms with Crippen molar-refractivity contribution in [3.63, 3.8) is 0 Å². The van der Waals surface area contributed by atoms with Crippen LogP contribution in [-0.2, 0) is 9.51 Å². The van der Waals surface area contributed by atoms with Crippen molar-refractivity contribution in [3.8, 4) is 33.8 Å². The van der Waals surface area contributed by atoms with Crippen LogP contribution in [0.2, 0.25) is 0 Å². The van der Waals surface area contributed by atoms with E-state index in [0.717, 1.165) is 70.9 Å². The van der Waals surface area contributed by atoms with Gasteiger partial charge in [0.05, 0.1) is 0 Å². The Morgan fingerprint density at radius 3 is 1.29 bits per heavy atom. The lowest BCUT2D eigenvalue weighted by Crippen LogP contribution is -2.35. The second-order valence-corrected chi connectivity index (χ2v) is 10.8. The van der Waals surface area contributed by atoms with Gasteiger partial charge in [-0.15, -0.1) is 0 Å². The highest BCUT2D eigenvalue weighted by Crippen LogP contribution is 2.27. The third-order valence-corrected chi connectivity index (χ3v) is 7.74. The maximum atomic E-state index is 6.45. The monoisotopic (exact) mass is 542 g/mol. The van der Waals surface area contributed by atoms with E-state index in [4.69, 9.17) is 14.2 Å². The molecule has 2 fully saturated rings. The van der Waals surface area contributed by atoms with Gasteiger partial charge >= 0.3 is 15.0 Å². The van der Waals surface area contributed by atoms with Crippen molar-refractivity contribution in [2.75, 3.05) is 26.2 Å². The van der Waals surface area contributed by atoms with Crippen LogP contribution in [0.1, 0.15) is 38.5 Å². The second kappa shape index (κ2) is 14.0. The Morgan fingerprint density at radius 1 is 0.463 bits per heavy atom. The van der Waals surface area contributed by atoms with Gasteiger partial charge in [-0.1, -0.05) is 85.6 Å². The summed E-state index contributed by atoms with van der Waals surface area (Å²) >= 11 is 0. The molecular formula is C34H36B2N2O3. The Morgan fingerprint density at radius 2 is 0.878 bits per heavy atom. The van der Waals surface area contributed by atoms with Crippen molar-refractivity contribution in [2.24, 2.45) is 0 Å². The number of piperidine rings is 2. The van der Waals surface area contributed by atoms with Crippen LogP contribution in [-0.4, -0.2) is 51.3 Å². The zero-order valence-electron chi connectivity index (χ0n) is 23.6. The molecule has 0 atom stereocenters. The fraction of sp³-hybridized carbons (Fsp3) is 0.294. The number of benzene rings is 4. The molecule has 0 N–H and O–H groups in total. The number of nitrogens with zero attached hydrogens (tertiary/aromatic N) is 2. The lowest BCUT2D eigenvalue weighted by molar-refractivity contribution is -0.0689. The largest absolute Gasteiger partial charge is 0.457 e. The summed E-state index contributed by atoms with van der Waals surface area (Å²) in [5, 5.41) is 4.11. The molecule has 41 heavy (non-hydrogen) atoms. The number of hydrogen-bond acceptors (Lipinski definition) is 5. The van der Waals surface area contributed by atoms with Gasteiger partial charge in [0.2, 0.25) is 0 Å². The molecule has 0 spiro atoms. The molecular weight excluding hydrogens is 506 g/mol. The van der Waals surface area contributed by atoms with Gasteiger partial charge in [0.15, 0.2) is 0 Å². The molecule has 4 aromatic rings. The molecule has 0 bridgehead atoms. The quantitative estimate of drug-likeness (QED) is 0.225. The average molecular weight is 542 g/mol. The first-order valence-corrected chi connectivity index (χ1v) is 14.9. The molecule has 0 amide bonds. The normalized spacial score (nSPS) is 16.3. The maximum Gasteiger partial charge on any atom is 0.362 e. The number of rotatable bonds is 10. The van der Waals surface area contributed by atoms with Gasteiger partial charge in [-0.25, -0.2) is 10.1 Å². The Hall–Kier alpha value is -3.35. The van der Waals surface area contributed by atoms with E-state index in [1.54, 1.807) is 0 Å². The van der Waals surface area contributed by atoms with Crippen molar-refractivity contribution in [2.45, 2.75) is 38.5 Å². The van der Waals surface area contributed by atoms with Crippen molar-refractivity contribution in [1.29, 1.82) is 0 Å². The molecule has 5 nitrogen and oxygen atoms in total. The predicted octanol–water partition coefficient (Wildman–Crippen LogP) is 6.14. The van der Waals surface area contributed by atoms with Crippen LogP contribution in [0.5, 0.6) is 11.5 Å². The SMILES string of the molecule is [B](ON1CCCCC1)c1cc(Oc2ccc(-c3ccccc3)c([B]ON3CCCCC3)c2)ccc1-c1ccccc1. The Bertz CT molecular complexity index is 1290. The van der Waals surface area contributed by atoms with Crippen molar-refractivity contribution in [3.05, 3.63) is 97.1 Å². The maximum absolute atomic E-state index is 6.45. The van der Waals surface area contributed by atoms with E-state index in [0.29, 0.717) is 0 Å². The van der Waals surface area contributed by atoms with Gasteiger partial charge in [0, 0.05) is 26.2 Å². The van der Waals surface area contributed by atoms with E-state index in [-0.39, 0.29) is 0 Å². The first kappa shape index (κ1) is 27.8. The molecule has 2 radical (unpaired) electrons. The molecule has 0 aromatic heterocycles. The van der Waals surface area contributed by atoms with Crippen LogP contribution < -0.4 is 15.7 Å². The fourth-order valence-corrected chi connectivity index (χ4v) is 5.50. The standard InChI is InChI=1S/C34H36B2N2O3/c1-5-13-27(14-6-1)31-19-17-29(25-33(31)35-40-37-21-9-3-10-22-37)39-30-18-20-32(28-15-7-2-8-16-28)34(26-30)36-41-38-23-11-4-12-24-38/h1-2,5-8,13-20,25-26H,3-4,9-12,21-24H2. The fourth-order valence-electron chi connectivity index (χ4n) is 5.50. The van der Waals surface area contributed by atoms with Crippen LogP contribution >= 0.6 is 0 Å². The molecule has 0 unspecified atom stereocenters. The van der Waals surface area contributed by atoms with Crippen LogP contribution in [0.15, 0.2) is 97.1 Å². The molecule has 2 saturated heterocycles. The van der Waals surface area contributed by atoms with Crippen molar-refractivity contribution >= 4 is 25.9 Å². The third-order valence-electron chi connectivity index (χ3n) is 7.74. The molecule has 0 saturated carbocycles. The molecule has 2 heterocycles. The lowest BCUT2D eigenvalue weighted by atomic mass is 9.81. The van der Waals surface area contributed by atoms with E-state index in [1.807, 2.05) is 39.2 Å². The number of ether oxygens (including phenoxy) is 1. The summed E-state index contributed by atoms with van der Waals surface area (Å²) in [6.45, 7) is 3.83. The van der Waals surface area contributed by atoms with Crippen LogP contribution in [0, 0.1) is 0 Å². The molecule has 6 rings (SSSR count). The highest BCUT2D eigenvalue weighted by atomic mass is 16.6. The second-order valence-electron chi connectivity index (χ2n) is 10.8. The van der Waals surface area contributed by atoms with Crippen LogP contribution in [0.25, 0.3) is 22.3 Å². The predicted molar refractivity (Wildman–Crippen MR) is 168 cm³/mol. The van der Waals surface area contributed by atoms with Gasteiger partial charge in [-0.05, 0) is 83.1 Å². The van der Waals surface area contributed by atoms with Crippen LogP contribution in [0.3, 0.4) is 0 Å². The zero-order valence-corrected chi connectivity index (χ0v) is 23.6. The zero-order chi connectivity index (χ0) is 27.7. The summed E-state index contributed by atoms with van der Waals surface area (Å²) in [5.41, 5.74) is 6.48. The summed E-state index contributed by atoms with van der Waals surface area (Å²) in [6, 6.07) is 33.2. The van der Waals surface area contributed by atoms with Gasteiger partial charge in [-0.3, -0.25) is 0 Å². The van der Waals surface area contributed by atoms with Crippen molar-refractivity contribution < 1.29 is 14.2 Å². The van der Waals surface area contributed by atoms with Gasteiger partial charge in [-0.2, -0.15) is 0 Å². The third kappa shape index (κ3) is 7.49. The van der Waals surface area contributed by atoms with Gasteiger partial charge < -0.3 is 14.2 Å². The van der Waals surface area contributed by atoms with E-state index in [2.05, 4.69) is 82.9 Å². The van der Waals surface area contributed by atoms with E-state index < -0.39 is 0 Å². The van der Waals surface area contributed by atoms with Crippen molar-refractivity contribution in [1.82, 2.24) is 10.1 Å². The summed E-state index contributed by atoms with van der Waals surface area (Å²) < 4.78 is 18.7. The summed E-state index contributed by atoms with van der Waals surface area (Å²) in [5.74, 6) is 1.52. The Kier molecular flexibility index (Phi) is 9.50. The summed E-state index contributed by atoms with van der Waals surface area (Å²) in [4.78, 5) is 0. The highest BCUT2D eigenvalue weighted by Gasteiger charge is 2.17. The molecule has 7 heteroatoms. The van der Waals surface area contributed by atoms with Crippen LogP contribution in [0.4, 0.5) is 0 Å². The Balaban J connectivity index is 1.25. The van der Waals surface area contributed by atoms with E-state index in [1.165, 1.54) is 38.5 Å². The van der Waals surface area contributed by atoms with E-state index >= 15 is 0 Å². The molecule has 2 aliphatic heterocycles. The summed E-state index contributed by atoms with van der Waals surface area (Å²) in [6.07, 6.45) is 7.21. The topological polar surface area (TPSA) is 34.2 Å². The van der Waals surface area contributed by atoms with E-state index in [9.17, 15) is 0 Å². The number of hydrogen-bond donors (Lipinski definition) is 0. The lowest BCUT2D eigenvalue weighted by Gasteiger charge is -2.26. The minimum Gasteiger partial charge on any atom is -0.457 e. The number of hydroxylamine groups is 4. The Labute approximate surface area is 245 Å². The van der Waals surface area contributed by atoms with Gasteiger partial charge in [0.1, 0.15) is 11.5 Å². The molecule has 206 valence electrons. The minimum atomic E-state index is 0.758. The first-order valence-electron chi connectivity index (χ1n) is 14.9. The smallest absolute Gasteiger partial charge is 0.362 e. The highest BCUT2D eigenvalue weighted by molar-refractivity contribution is 6.50. The first-order chi connectivity index (χ1) is 20.3. The summed E-state index contributed by atoms with van der Waals surface area (Å²) in [7, 11) is 3.73. The average Bonchev–Trinajstić information content (AvgIpc) is 3.05. The molecule has 2 aliphatic rings. The van der Waals surface area contributed by atoms with Gasteiger partial charge in [0.25, 0.3) is 0 Å². The molecule has 4 aromatic carbocycles. The molecule has 0 aliphatic carbocycles.